The minimum Gasteiger partial charge on any atom is -0.389 e. The summed E-state index contributed by atoms with van der Waals surface area (Å²) in [6, 6.07) is 0.703. The van der Waals surface area contributed by atoms with Crippen molar-refractivity contribution in [3.05, 3.63) is 11.8 Å². The zero-order chi connectivity index (χ0) is 21.9. The van der Waals surface area contributed by atoms with E-state index in [1.165, 1.54) is 13.8 Å². The molecule has 0 radical (unpaired) electrons. The largest absolute Gasteiger partial charge is 0.432 e. The van der Waals surface area contributed by atoms with E-state index in [1.54, 1.807) is 0 Å². The van der Waals surface area contributed by atoms with Gasteiger partial charge in [-0.2, -0.15) is 18.3 Å². The Morgan fingerprint density at radius 2 is 1.97 bits per heavy atom. The fourth-order valence-electron chi connectivity index (χ4n) is 2.78. The number of carbonyl (C=O) groups is 1. The first-order valence-electron chi connectivity index (χ1n) is 9.08. The van der Waals surface area contributed by atoms with Crippen LogP contribution in [-0.2, 0) is 11.0 Å². The van der Waals surface area contributed by atoms with Gasteiger partial charge in [0.2, 0.25) is 17.8 Å². The van der Waals surface area contributed by atoms with Crippen LogP contribution in [0.1, 0.15) is 51.6 Å². The van der Waals surface area contributed by atoms with Crippen LogP contribution in [0, 0.1) is 5.92 Å². The number of hydrogen-bond donors (Lipinski definition) is 4. The number of aliphatic hydroxyl groups is 1. The van der Waals surface area contributed by atoms with Crippen LogP contribution in [0.15, 0.2) is 11.1 Å². The van der Waals surface area contributed by atoms with E-state index in [9.17, 15) is 31.9 Å². The third-order valence-corrected chi connectivity index (χ3v) is 4.32. The van der Waals surface area contributed by atoms with Crippen molar-refractivity contribution in [2.45, 2.75) is 63.7 Å². The molecule has 0 unspecified atom stereocenters. The van der Waals surface area contributed by atoms with Gasteiger partial charge in [-0.25, -0.2) is 13.8 Å². The monoisotopic (exact) mass is 425 g/mol. The maximum Gasteiger partial charge on any atom is 0.432 e. The van der Waals surface area contributed by atoms with Crippen molar-refractivity contribution >= 4 is 17.7 Å². The molecule has 12 heteroatoms. The predicted octanol–water partition coefficient (Wildman–Crippen LogP) is 3.30. The number of aromatic amines is 1. The van der Waals surface area contributed by atoms with E-state index in [0.29, 0.717) is 6.07 Å². The molecule has 0 aliphatic heterocycles. The third kappa shape index (κ3) is 7.95. The van der Waals surface area contributed by atoms with Gasteiger partial charge in [0.1, 0.15) is 5.69 Å². The Kier molecular flexibility index (Phi) is 6.86. The molecule has 1 aliphatic carbocycles. The molecule has 2 rings (SSSR count). The van der Waals surface area contributed by atoms with Crippen molar-refractivity contribution < 1.29 is 31.9 Å². The number of aromatic nitrogens is 2. The first kappa shape index (κ1) is 23.0. The normalized spacial score (nSPS) is 18.6. The Morgan fingerprint density at radius 1 is 1.34 bits per heavy atom. The maximum atomic E-state index is 13.2. The van der Waals surface area contributed by atoms with Gasteiger partial charge in [-0.3, -0.25) is 15.2 Å². The number of amides is 1. The summed E-state index contributed by atoms with van der Waals surface area (Å²) in [5.41, 5.74) is -2.31. The number of nitrogens with zero attached hydrogens (tertiary/aromatic N) is 2. The Hall–Kier alpha value is -2.24. The number of rotatable bonds is 5. The van der Waals surface area contributed by atoms with Crippen LogP contribution in [0.4, 0.5) is 27.8 Å². The quantitative estimate of drug-likeness (QED) is 0.330. The summed E-state index contributed by atoms with van der Waals surface area (Å²) < 4.78 is 64.5. The highest BCUT2D eigenvalue weighted by molar-refractivity contribution is 6.03. The molecule has 4 N–H and O–H groups in total. The molecule has 1 fully saturated rings. The average molecular weight is 425 g/mol. The molecule has 7 nitrogen and oxygen atoms in total. The van der Waals surface area contributed by atoms with E-state index >= 15 is 0 Å². The fraction of sp³-hybridized carbons (Fsp3) is 0.706. The number of halogens is 5. The smallest absolute Gasteiger partial charge is 0.389 e. The van der Waals surface area contributed by atoms with E-state index < -0.39 is 29.3 Å². The van der Waals surface area contributed by atoms with Crippen molar-refractivity contribution in [3.63, 3.8) is 0 Å². The van der Waals surface area contributed by atoms with Crippen LogP contribution in [0.5, 0.6) is 0 Å². The van der Waals surface area contributed by atoms with Crippen LogP contribution in [0.3, 0.4) is 0 Å². The molecular weight excluding hydrogens is 401 g/mol. The molecule has 1 saturated carbocycles. The standard InChI is InChI=1S/C17H24F5N5O2/c1-15(2,29)9-23-14(24-12-8-11(26-27-12)17(20,21)22)25-13(28)7-10-3-5-16(18,19)6-4-10/h8,10,29H,3-7,9H2,1-2H3,(H3,23,24,25,26,27,28). The molecule has 164 valence electrons. The maximum absolute atomic E-state index is 13.2. The minimum atomic E-state index is -4.62. The van der Waals surface area contributed by atoms with E-state index in [0.717, 1.165) is 0 Å². The van der Waals surface area contributed by atoms with Crippen molar-refractivity contribution in [2.75, 3.05) is 11.9 Å². The van der Waals surface area contributed by atoms with Gasteiger partial charge in [0, 0.05) is 25.3 Å². The van der Waals surface area contributed by atoms with Gasteiger partial charge in [-0.1, -0.05) is 0 Å². The molecule has 0 bridgehead atoms. The second kappa shape index (κ2) is 8.64. The first-order valence-corrected chi connectivity index (χ1v) is 9.08. The molecule has 1 amide bonds. The van der Waals surface area contributed by atoms with Crippen molar-refractivity contribution in [1.82, 2.24) is 15.5 Å². The summed E-state index contributed by atoms with van der Waals surface area (Å²) in [5.74, 6) is -3.87. The number of aliphatic imine (C=N–C) groups is 1. The average Bonchev–Trinajstić information content (AvgIpc) is 3.03. The van der Waals surface area contributed by atoms with Crippen molar-refractivity contribution in [2.24, 2.45) is 10.9 Å². The van der Waals surface area contributed by atoms with Crippen LogP contribution in [-0.4, -0.2) is 45.2 Å². The Morgan fingerprint density at radius 3 is 2.48 bits per heavy atom. The summed E-state index contributed by atoms with van der Waals surface area (Å²) in [6.07, 6.45) is -4.79. The van der Waals surface area contributed by atoms with E-state index in [2.05, 4.69) is 20.7 Å². The molecule has 1 aliphatic rings. The van der Waals surface area contributed by atoms with Crippen LogP contribution >= 0.6 is 0 Å². The zero-order valence-corrected chi connectivity index (χ0v) is 16.0. The topological polar surface area (TPSA) is 102 Å². The molecule has 0 saturated heterocycles. The third-order valence-electron chi connectivity index (χ3n) is 4.32. The SMILES string of the molecule is CC(C)(O)CN=C(NC(=O)CC1CCC(F)(F)CC1)Nc1cc(C(F)(F)F)[nH]n1. The van der Waals surface area contributed by atoms with Crippen LogP contribution in [0.25, 0.3) is 0 Å². The van der Waals surface area contributed by atoms with Gasteiger partial charge in [-0.05, 0) is 32.6 Å². The van der Waals surface area contributed by atoms with E-state index in [4.69, 9.17) is 0 Å². The summed E-state index contributed by atoms with van der Waals surface area (Å²) in [6.45, 7) is 2.78. The molecule has 0 spiro atoms. The number of alkyl halides is 5. The van der Waals surface area contributed by atoms with Crippen molar-refractivity contribution in [3.8, 4) is 0 Å². The summed E-state index contributed by atoms with van der Waals surface area (Å²) >= 11 is 0. The summed E-state index contributed by atoms with van der Waals surface area (Å²) in [7, 11) is 0. The Labute approximate surface area is 164 Å². The molecular formula is C17H24F5N5O2. The van der Waals surface area contributed by atoms with E-state index in [1.807, 2.05) is 5.10 Å². The highest BCUT2D eigenvalue weighted by atomic mass is 19.4. The number of carbonyl (C=O) groups excluding carboxylic acids is 1. The number of H-pyrrole nitrogens is 1. The molecule has 0 aromatic carbocycles. The molecule has 1 aromatic heterocycles. The summed E-state index contributed by atoms with van der Waals surface area (Å²) in [5, 5.41) is 20.0. The molecule has 29 heavy (non-hydrogen) atoms. The Balaban J connectivity index is 2.02. The minimum absolute atomic E-state index is 0.0202. The van der Waals surface area contributed by atoms with Crippen LogP contribution < -0.4 is 10.6 Å². The molecule has 1 heterocycles. The lowest BCUT2D eigenvalue weighted by atomic mass is 9.84. The van der Waals surface area contributed by atoms with Crippen LogP contribution in [0.2, 0.25) is 0 Å². The van der Waals surface area contributed by atoms with Gasteiger partial charge in [-0.15, -0.1) is 0 Å². The highest BCUT2D eigenvalue weighted by Crippen LogP contribution is 2.37. The number of guanidine groups is 1. The lowest BCUT2D eigenvalue weighted by Crippen LogP contribution is -2.39. The fourth-order valence-corrected chi connectivity index (χ4v) is 2.78. The first-order chi connectivity index (χ1) is 13.2. The molecule has 0 atom stereocenters. The predicted molar refractivity (Wildman–Crippen MR) is 95.5 cm³/mol. The Bertz CT molecular complexity index is 729. The van der Waals surface area contributed by atoms with Gasteiger partial charge < -0.3 is 10.4 Å². The van der Waals surface area contributed by atoms with Gasteiger partial charge in [0.05, 0.1) is 12.1 Å². The summed E-state index contributed by atoms with van der Waals surface area (Å²) in [4.78, 5) is 16.3. The number of hydrogen-bond acceptors (Lipinski definition) is 4. The number of nitrogens with one attached hydrogen (secondary N) is 3. The molecule has 1 aromatic rings. The van der Waals surface area contributed by atoms with Gasteiger partial charge >= 0.3 is 6.18 Å². The lowest BCUT2D eigenvalue weighted by molar-refractivity contribution is -0.141. The highest BCUT2D eigenvalue weighted by Gasteiger charge is 2.36. The van der Waals surface area contributed by atoms with Gasteiger partial charge in [0.15, 0.2) is 5.82 Å². The zero-order valence-electron chi connectivity index (χ0n) is 16.0. The lowest BCUT2D eigenvalue weighted by Gasteiger charge is -2.27. The van der Waals surface area contributed by atoms with Crippen molar-refractivity contribution in [1.29, 1.82) is 0 Å². The van der Waals surface area contributed by atoms with E-state index in [-0.39, 0.29) is 56.3 Å². The second-order valence-electron chi connectivity index (χ2n) is 7.82. The number of anilines is 1. The van der Waals surface area contributed by atoms with Gasteiger partial charge in [0.25, 0.3) is 0 Å². The second-order valence-corrected chi connectivity index (χ2v) is 7.82.